The third kappa shape index (κ3) is 7.58. The largest absolute Gasteiger partial charge is 0.491 e. The number of hydrogen-bond donors (Lipinski definition) is 3. The molecule has 4 rings (SSSR count). The molecule has 0 bridgehead atoms. The van der Waals surface area contributed by atoms with E-state index in [4.69, 9.17) is 4.74 Å². The monoisotopic (exact) mass is 552 g/mol. The van der Waals surface area contributed by atoms with Crippen LogP contribution in [0.15, 0.2) is 48.5 Å². The second kappa shape index (κ2) is 13.4. The van der Waals surface area contributed by atoms with Gasteiger partial charge < -0.3 is 25.6 Å². The number of carbonyl (C=O) groups is 4. The molecule has 3 atom stereocenters. The van der Waals surface area contributed by atoms with Gasteiger partial charge in [-0.25, -0.2) is 4.39 Å². The maximum absolute atomic E-state index is 13.6. The van der Waals surface area contributed by atoms with Gasteiger partial charge in [0.2, 0.25) is 17.7 Å². The summed E-state index contributed by atoms with van der Waals surface area (Å²) < 4.78 is 19.3. The summed E-state index contributed by atoms with van der Waals surface area (Å²) in [5.41, 5.74) is 1.06. The van der Waals surface area contributed by atoms with E-state index in [0.717, 1.165) is 18.4 Å². The summed E-state index contributed by atoms with van der Waals surface area (Å²) in [4.78, 5) is 55.0. The molecule has 2 aromatic rings. The Kier molecular flexibility index (Phi) is 9.74. The van der Waals surface area contributed by atoms with Crippen LogP contribution in [0.3, 0.4) is 0 Å². The lowest BCUT2D eigenvalue weighted by Crippen LogP contribution is -2.54. The maximum Gasteiger partial charge on any atom is 0.255 e. The quantitative estimate of drug-likeness (QED) is 0.510. The van der Waals surface area contributed by atoms with Gasteiger partial charge in [0.05, 0.1) is 18.0 Å². The molecule has 2 aromatic carbocycles. The summed E-state index contributed by atoms with van der Waals surface area (Å²) >= 11 is 0. The number of para-hydroxylation sites is 1. The van der Waals surface area contributed by atoms with Crippen molar-refractivity contribution < 1.29 is 28.3 Å². The molecule has 9 nitrogen and oxygen atoms in total. The molecule has 1 fully saturated rings. The van der Waals surface area contributed by atoms with Crippen LogP contribution in [0.1, 0.15) is 55.5 Å². The normalized spacial score (nSPS) is 21.9. The number of nitrogens with zero attached hydrogens (tertiary/aromatic N) is 1. The maximum atomic E-state index is 13.6. The minimum Gasteiger partial charge on any atom is -0.491 e. The average molecular weight is 553 g/mol. The van der Waals surface area contributed by atoms with Gasteiger partial charge in [0, 0.05) is 13.1 Å². The minimum absolute atomic E-state index is 0.141. The Bertz CT molecular complexity index is 1220. The Labute approximate surface area is 233 Å². The number of halogens is 1. The van der Waals surface area contributed by atoms with E-state index in [-0.39, 0.29) is 48.8 Å². The summed E-state index contributed by atoms with van der Waals surface area (Å²) in [5, 5.41) is 8.29. The summed E-state index contributed by atoms with van der Waals surface area (Å²) in [6.45, 7) is 4.96. The van der Waals surface area contributed by atoms with Crippen LogP contribution in [-0.4, -0.2) is 66.4 Å². The van der Waals surface area contributed by atoms with Crippen LogP contribution in [0.5, 0.6) is 5.75 Å². The average Bonchev–Trinajstić information content (AvgIpc) is 3.40. The van der Waals surface area contributed by atoms with E-state index in [1.807, 2.05) is 13.8 Å². The van der Waals surface area contributed by atoms with Crippen molar-refractivity contribution in [1.29, 1.82) is 0 Å². The van der Waals surface area contributed by atoms with E-state index in [0.29, 0.717) is 25.1 Å². The fourth-order valence-electron chi connectivity index (χ4n) is 5.15. The predicted octanol–water partition coefficient (Wildman–Crippen LogP) is 2.59. The van der Waals surface area contributed by atoms with Crippen molar-refractivity contribution in [1.82, 2.24) is 20.9 Å². The van der Waals surface area contributed by atoms with Gasteiger partial charge in [0.15, 0.2) is 0 Å². The Morgan fingerprint density at radius 1 is 1.10 bits per heavy atom. The molecule has 1 saturated heterocycles. The first-order valence-electron chi connectivity index (χ1n) is 13.9. The highest BCUT2D eigenvalue weighted by molar-refractivity contribution is 6.01. The summed E-state index contributed by atoms with van der Waals surface area (Å²) in [6.07, 6.45) is 2.13. The fourth-order valence-corrected chi connectivity index (χ4v) is 5.15. The summed E-state index contributed by atoms with van der Waals surface area (Å²) in [5.74, 6) is -1.62. The van der Waals surface area contributed by atoms with Crippen LogP contribution in [0.4, 0.5) is 4.39 Å². The van der Waals surface area contributed by atoms with Crippen molar-refractivity contribution in [3.63, 3.8) is 0 Å². The van der Waals surface area contributed by atoms with E-state index in [1.165, 1.54) is 12.1 Å². The van der Waals surface area contributed by atoms with E-state index >= 15 is 0 Å². The van der Waals surface area contributed by atoms with E-state index in [1.54, 1.807) is 41.3 Å². The molecule has 3 N–H and O–H groups in total. The lowest BCUT2D eigenvalue weighted by atomic mass is 10.0. The third-order valence-corrected chi connectivity index (χ3v) is 7.20. The molecule has 10 heteroatoms. The van der Waals surface area contributed by atoms with Gasteiger partial charge in [-0.15, -0.1) is 0 Å². The summed E-state index contributed by atoms with van der Waals surface area (Å²) in [7, 11) is 0. The van der Waals surface area contributed by atoms with Crippen molar-refractivity contribution >= 4 is 23.6 Å². The number of carbonyl (C=O) groups excluding carboxylic acids is 4. The number of ether oxygens (including phenoxy) is 1. The Morgan fingerprint density at radius 2 is 1.85 bits per heavy atom. The SMILES string of the molecule is CC(C)C[C@@H]1NC(=O)C[C@@H](C(=O)NCCc2ccc(F)cc2)NC(=O)c2ccccc2OC[C@H]2CCCN2C1=O. The fraction of sp³-hybridized carbons (Fsp3) is 0.467. The molecule has 0 spiro atoms. The zero-order valence-electron chi connectivity index (χ0n) is 23.0. The van der Waals surface area contributed by atoms with Crippen LogP contribution in [0, 0.1) is 11.7 Å². The first kappa shape index (κ1) is 29.0. The van der Waals surface area contributed by atoms with Gasteiger partial charge in [-0.2, -0.15) is 0 Å². The van der Waals surface area contributed by atoms with E-state index in [2.05, 4.69) is 16.0 Å². The van der Waals surface area contributed by atoms with Crippen molar-refractivity contribution in [2.24, 2.45) is 5.92 Å². The molecule has 2 heterocycles. The molecule has 0 aliphatic carbocycles. The second-order valence-corrected chi connectivity index (χ2v) is 10.8. The van der Waals surface area contributed by atoms with Gasteiger partial charge in [-0.3, -0.25) is 19.2 Å². The Hall–Kier alpha value is -3.95. The van der Waals surface area contributed by atoms with Crippen LogP contribution in [-0.2, 0) is 20.8 Å². The second-order valence-electron chi connectivity index (χ2n) is 10.8. The highest BCUT2D eigenvalue weighted by Gasteiger charge is 2.36. The number of amides is 4. The van der Waals surface area contributed by atoms with Gasteiger partial charge in [-0.05, 0) is 61.4 Å². The number of rotatable bonds is 6. The Balaban J connectivity index is 1.56. The molecular weight excluding hydrogens is 515 g/mol. The van der Waals surface area contributed by atoms with E-state index < -0.39 is 29.8 Å². The smallest absolute Gasteiger partial charge is 0.255 e. The molecule has 0 radical (unpaired) electrons. The van der Waals surface area contributed by atoms with Gasteiger partial charge in [0.1, 0.15) is 30.3 Å². The van der Waals surface area contributed by atoms with E-state index in [9.17, 15) is 23.6 Å². The molecule has 0 aromatic heterocycles. The zero-order valence-corrected chi connectivity index (χ0v) is 23.0. The standard InChI is InChI=1S/C30H37FN4O5/c1-19(2)16-25-30(39)35-15-5-6-22(35)18-40-26-8-4-3-7-23(26)28(37)34-24(17-27(36)33-25)29(38)32-14-13-20-9-11-21(31)12-10-20/h3-4,7-12,19,22,24-25H,5-6,13-18H2,1-2H3,(H,32,38)(H,33,36)(H,34,37)/t22-,24+,25+/m1/s1. The molecule has 0 unspecified atom stereocenters. The molecule has 4 amide bonds. The molecule has 2 aliphatic rings. The van der Waals surface area contributed by atoms with Crippen molar-refractivity contribution in [2.45, 2.75) is 64.1 Å². The van der Waals surface area contributed by atoms with Gasteiger partial charge >= 0.3 is 0 Å². The number of hydrogen-bond acceptors (Lipinski definition) is 5. The summed E-state index contributed by atoms with van der Waals surface area (Å²) in [6, 6.07) is 10.6. The predicted molar refractivity (Wildman–Crippen MR) is 147 cm³/mol. The number of fused-ring (bicyclic) bond motifs is 2. The molecule has 40 heavy (non-hydrogen) atoms. The van der Waals surface area contributed by atoms with Crippen LogP contribution in [0.25, 0.3) is 0 Å². The number of nitrogens with one attached hydrogen (secondary N) is 3. The molecule has 2 aliphatic heterocycles. The Morgan fingerprint density at radius 3 is 2.60 bits per heavy atom. The van der Waals surface area contributed by atoms with Crippen molar-refractivity contribution in [3.8, 4) is 5.75 Å². The molecule has 214 valence electrons. The van der Waals surface area contributed by atoms with Crippen LogP contribution < -0.4 is 20.7 Å². The minimum atomic E-state index is -1.19. The van der Waals surface area contributed by atoms with Crippen molar-refractivity contribution in [2.75, 3.05) is 19.7 Å². The first-order valence-corrected chi connectivity index (χ1v) is 13.9. The first-order chi connectivity index (χ1) is 19.2. The van der Waals surface area contributed by atoms with Gasteiger partial charge in [-0.1, -0.05) is 38.1 Å². The lowest BCUT2D eigenvalue weighted by Gasteiger charge is -2.31. The third-order valence-electron chi connectivity index (χ3n) is 7.20. The highest BCUT2D eigenvalue weighted by atomic mass is 19.1. The topological polar surface area (TPSA) is 117 Å². The molecular formula is C30H37FN4O5. The van der Waals surface area contributed by atoms with Crippen LogP contribution >= 0.6 is 0 Å². The molecule has 0 saturated carbocycles. The van der Waals surface area contributed by atoms with Crippen LogP contribution in [0.2, 0.25) is 0 Å². The lowest BCUT2D eigenvalue weighted by molar-refractivity contribution is -0.138. The van der Waals surface area contributed by atoms with Gasteiger partial charge in [0.25, 0.3) is 5.91 Å². The zero-order chi connectivity index (χ0) is 28.6. The van der Waals surface area contributed by atoms with Crippen molar-refractivity contribution in [3.05, 3.63) is 65.5 Å². The highest BCUT2D eigenvalue weighted by Crippen LogP contribution is 2.24. The number of benzene rings is 2.